The second-order valence-corrected chi connectivity index (χ2v) is 11.5. The second-order valence-electron chi connectivity index (χ2n) is 11.1. The third-order valence-corrected chi connectivity index (χ3v) is 8.82. The van der Waals surface area contributed by atoms with E-state index in [1.807, 2.05) is 6.92 Å². The number of primary amides is 1. The molecule has 0 radical (unpaired) electrons. The molecule has 7 N–H and O–H groups in total. The maximum Gasteiger partial charge on any atom is 0.255 e. The van der Waals surface area contributed by atoms with Gasteiger partial charge in [0, 0.05) is 29.1 Å². The fourth-order valence-electron chi connectivity index (χ4n) is 5.99. The zero-order valence-corrected chi connectivity index (χ0v) is 22.8. The Bertz CT molecular complexity index is 1300. The van der Waals surface area contributed by atoms with Gasteiger partial charge in [-0.05, 0) is 62.9 Å². The molecule has 0 saturated heterocycles. The number of rotatable bonds is 6. The summed E-state index contributed by atoms with van der Waals surface area (Å²) in [5.74, 6) is -6.51. The number of carbonyl (C=O) groups excluding carboxylic acids is 3. The normalized spacial score (nSPS) is 28.0. The van der Waals surface area contributed by atoms with Crippen molar-refractivity contribution in [3.8, 4) is 5.75 Å². The summed E-state index contributed by atoms with van der Waals surface area (Å²) in [4.78, 5) is 40.6. The van der Waals surface area contributed by atoms with Gasteiger partial charge in [-0.3, -0.25) is 19.3 Å². The molecule has 4 rings (SSSR count). The highest BCUT2D eigenvalue weighted by atomic mass is 35.5. The number of Topliss-reactive ketones (excluding diaryl/α,β-unsaturated/α-hetero) is 2. The van der Waals surface area contributed by atoms with Crippen LogP contribution in [0.25, 0.3) is 0 Å². The van der Waals surface area contributed by atoms with Crippen molar-refractivity contribution in [1.29, 1.82) is 0 Å². The van der Waals surface area contributed by atoms with Crippen LogP contribution in [0.5, 0.6) is 5.75 Å². The lowest BCUT2D eigenvalue weighted by Gasteiger charge is -2.50. The molecule has 0 aromatic heterocycles. The van der Waals surface area contributed by atoms with Gasteiger partial charge in [0.25, 0.3) is 5.91 Å². The van der Waals surface area contributed by atoms with Gasteiger partial charge in [0.1, 0.15) is 22.8 Å². The number of aliphatic hydroxyl groups excluding tert-OH is 2. The van der Waals surface area contributed by atoms with E-state index in [4.69, 9.17) is 17.3 Å². The van der Waals surface area contributed by atoms with Crippen molar-refractivity contribution in [3.05, 3.63) is 50.4 Å². The number of hydrogen-bond donors (Lipinski definition) is 6. The Labute approximate surface area is 225 Å². The number of amides is 1. The molecule has 38 heavy (non-hydrogen) atoms. The van der Waals surface area contributed by atoms with Crippen LogP contribution in [0.2, 0.25) is 5.02 Å². The van der Waals surface area contributed by atoms with E-state index in [-0.39, 0.29) is 35.8 Å². The molecule has 1 aromatic rings. The molecule has 0 unspecified atom stereocenters. The number of nitrogens with zero attached hydrogens (tertiary/aromatic N) is 1. The average molecular weight is 548 g/mol. The fraction of sp³-hybridized carbons (Fsp3) is 0.519. The van der Waals surface area contributed by atoms with E-state index in [0.29, 0.717) is 28.6 Å². The zero-order valence-electron chi connectivity index (χ0n) is 22.0. The first kappa shape index (κ1) is 28.1. The van der Waals surface area contributed by atoms with Crippen LogP contribution >= 0.6 is 11.6 Å². The Morgan fingerprint density at radius 1 is 1.24 bits per heavy atom. The molecule has 5 atom stereocenters. The summed E-state index contributed by atoms with van der Waals surface area (Å²) < 4.78 is 0. The molecule has 0 aliphatic heterocycles. The Morgan fingerprint density at radius 2 is 1.87 bits per heavy atom. The number of nitrogens with one attached hydrogen (secondary N) is 1. The topological polar surface area (TPSA) is 173 Å². The predicted octanol–water partition coefficient (Wildman–Crippen LogP) is 1.91. The second kappa shape index (κ2) is 9.68. The van der Waals surface area contributed by atoms with Gasteiger partial charge < -0.3 is 31.5 Å². The molecule has 3 aliphatic rings. The van der Waals surface area contributed by atoms with Gasteiger partial charge in [0.2, 0.25) is 5.78 Å². The molecule has 1 amide bonds. The van der Waals surface area contributed by atoms with Gasteiger partial charge in [0.05, 0.1) is 11.6 Å². The number of likely N-dealkylation sites (N-methyl/N-ethyl adjacent to an activating group) is 1. The summed E-state index contributed by atoms with van der Waals surface area (Å²) in [6.07, 6.45) is 0.157. The van der Waals surface area contributed by atoms with Gasteiger partial charge >= 0.3 is 0 Å². The number of fused-ring (bicyclic) bond motifs is 3. The first-order valence-corrected chi connectivity index (χ1v) is 12.9. The van der Waals surface area contributed by atoms with Crippen LogP contribution in [0, 0.1) is 17.8 Å². The number of carbonyl (C=O) groups is 3. The van der Waals surface area contributed by atoms with Crippen LogP contribution in [0.15, 0.2) is 28.7 Å². The summed E-state index contributed by atoms with van der Waals surface area (Å²) >= 11 is 6.75. The minimum absolute atomic E-state index is 0.00964. The van der Waals surface area contributed by atoms with E-state index < -0.39 is 58.0 Å². The largest absolute Gasteiger partial charge is 0.510 e. The fourth-order valence-corrected chi connectivity index (χ4v) is 6.28. The van der Waals surface area contributed by atoms with E-state index >= 15 is 0 Å². The average Bonchev–Trinajstić information content (AvgIpc) is 2.81. The summed E-state index contributed by atoms with van der Waals surface area (Å²) in [5.41, 5.74) is 2.55. The molecule has 0 bridgehead atoms. The van der Waals surface area contributed by atoms with Gasteiger partial charge in [-0.1, -0.05) is 25.4 Å². The third-order valence-electron chi connectivity index (χ3n) is 8.35. The van der Waals surface area contributed by atoms with Crippen LogP contribution in [0.1, 0.15) is 48.7 Å². The number of aliphatic hydroxyl groups is 3. The summed E-state index contributed by atoms with van der Waals surface area (Å²) in [6, 6.07) is 0.528. The number of allylic oxidation sites excluding steroid dienone is 1. The number of hydrogen-bond acceptors (Lipinski definition) is 9. The number of ketones is 2. The molecule has 0 fully saturated rings. The summed E-state index contributed by atoms with van der Waals surface area (Å²) in [6.45, 7) is 6.54. The van der Waals surface area contributed by atoms with Crippen molar-refractivity contribution >= 4 is 29.1 Å². The molecule has 1 aromatic carbocycles. The molecule has 0 heterocycles. The predicted molar refractivity (Wildman–Crippen MR) is 140 cm³/mol. The van der Waals surface area contributed by atoms with E-state index in [0.717, 1.165) is 0 Å². The maximum atomic E-state index is 13.7. The van der Waals surface area contributed by atoms with Crippen molar-refractivity contribution in [3.63, 3.8) is 0 Å². The summed E-state index contributed by atoms with van der Waals surface area (Å²) in [7, 11) is 3.17. The third kappa shape index (κ3) is 4.02. The van der Waals surface area contributed by atoms with Crippen LogP contribution in [-0.4, -0.2) is 74.6 Å². The Hall–Kier alpha value is -2.92. The number of phenols is 1. The lowest BCUT2D eigenvalue weighted by atomic mass is 9.58. The van der Waals surface area contributed by atoms with Crippen molar-refractivity contribution in [2.24, 2.45) is 23.5 Å². The van der Waals surface area contributed by atoms with Crippen LogP contribution in [0.4, 0.5) is 0 Å². The van der Waals surface area contributed by atoms with E-state index in [1.165, 1.54) is 11.0 Å². The van der Waals surface area contributed by atoms with Crippen molar-refractivity contribution in [2.75, 3.05) is 14.1 Å². The number of nitrogens with two attached hydrogens (primary N) is 1. The molecular weight excluding hydrogens is 514 g/mol. The monoisotopic (exact) mass is 547 g/mol. The molecule has 206 valence electrons. The van der Waals surface area contributed by atoms with Crippen LogP contribution in [0.3, 0.4) is 0 Å². The van der Waals surface area contributed by atoms with Gasteiger partial charge in [0.15, 0.2) is 11.4 Å². The molecule has 11 heteroatoms. The lowest BCUT2D eigenvalue weighted by molar-refractivity contribution is -0.148. The molecular formula is C27H34ClN3O7. The standard InChI is InChI=1S/C27H34ClN3O7/c1-10(2)11(3)30-9-13-8-16(32)18-14(20(13)28)6-12-7-15-21(31(4)5)23(34)19(26(29)37)25(36)27(15,38)24(35)17(12)22(18)33/h8,10-12,15,21,30,32,34-35,38H,6-7,9H2,1-5H3,(H2,29,37)/t11-,12+,15+,21+,27+/m1/s1. The Morgan fingerprint density at radius 3 is 2.42 bits per heavy atom. The number of phenolic OH excluding ortho intramolecular Hbond substituents is 1. The van der Waals surface area contributed by atoms with Crippen LogP contribution < -0.4 is 11.1 Å². The quantitative estimate of drug-likeness (QED) is 0.291. The van der Waals surface area contributed by atoms with Gasteiger partial charge in [-0.25, -0.2) is 0 Å². The number of halogens is 1. The minimum atomic E-state index is -2.67. The highest BCUT2D eigenvalue weighted by Gasteiger charge is 2.63. The molecule has 10 nitrogen and oxygen atoms in total. The molecule has 0 saturated carbocycles. The van der Waals surface area contributed by atoms with E-state index in [9.17, 15) is 34.8 Å². The lowest BCUT2D eigenvalue weighted by Crippen LogP contribution is -2.63. The van der Waals surface area contributed by atoms with Gasteiger partial charge in [-0.15, -0.1) is 0 Å². The van der Waals surface area contributed by atoms with Crippen molar-refractivity contribution in [2.45, 2.75) is 57.8 Å². The van der Waals surface area contributed by atoms with Gasteiger partial charge in [-0.2, -0.15) is 0 Å². The van der Waals surface area contributed by atoms with E-state index in [2.05, 4.69) is 19.2 Å². The van der Waals surface area contributed by atoms with E-state index in [1.54, 1.807) is 14.1 Å². The van der Waals surface area contributed by atoms with Crippen LogP contribution in [-0.2, 0) is 22.6 Å². The first-order valence-electron chi connectivity index (χ1n) is 12.6. The number of aromatic hydroxyl groups is 1. The van der Waals surface area contributed by atoms with Crippen molar-refractivity contribution < 1.29 is 34.8 Å². The van der Waals surface area contributed by atoms with Crippen molar-refractivity contribution in [1.82, 2.24) is 10.2 Å². The Balaban J connectivity index is 1.85. The Kier molecular flexibility index (Phi) is 7.15. The smallest absolute Gasteiger partial charge is 0.255 e. The zero-order chi connectivity index (χ0) is 28.4. The summed E-state index contributed by atoms with van der Waals surface area (Å²) in [5, 5.41) is 48.3. The number of benzene rings is 1. The highest BCUT2D eigenvalue weighted by Crippen LogP contribution is 2.53. The highest BCUT2D eigenvalue weighted by molar-refractivity contribution is 6.33. The maximum absolute atomic E-state index is 13.7. The molecule has 0 spiro atoms. The minimum Gasteiger partial charge on any atom is -0.510 e. The molecule has 3 aliphatic carbocycles. The SMILES string of the molecule is CC(C)[C@@H](C)NCc1cc(O)c2c(c1Cl)C[C@H]1C[C@H]3[C@H](N(C)C)C(O)=C(C(N)=O)C(=O)[C@@]3(O)C(O)=C1C2=O. The first-order chi connectivity index (χ1) is 17.6.